The van der Waals surface area contributed by atoms with Crippen LogP contribution in [0.1, 0.15) is 21.6 Å². The van der Waals surface area contributed by atoms with Crippen molar-refractivity contribution < 1.29 is 31.1 Å². The van der Waals surface area contributed by atoms with Gasteiger partial charge >= 0.3 is 12.4 Å². The number of H-pyrrole nitrogens is 1. The first-order valence-electron chi connectivity index (χ1n) is 6.34. The van der Waals surface area contributed by atoms with Crippen LogP contribution in [-0.2, 0) is 12.4 Å². The van der Waals surface area contributed by atoms with Gasteiger partial charge in [-0.15, -0.1) is 0 Å². The van der Waals surface area contributed by atoms with Crippen LogP contribution in [0.4, 0.5) is 26.3 Å². The van der Waals surface area contributed by atoms with Gasteiger partial charge in [0.25, 0.3) is 5.91 Å². The molecular weight excluding hydrogens is 328 g/mol. The minimum atomic E-state index is -4.92. The first-order valence-corrected chi connectivity index (χ1v) is 6.34. The molecule has 0 fully saturated rings. The zero-order chi connectivity index (χ0) is 17.4. The van der Waals surface area contributed by atoms with Crippen LogP contribution in [0, 0.1) is 0 Å². The van der Waals surface area contributed by atoms with Crippen molar-refractivity contribution in [2.24, 2.45) is 5.73 Å². The maximum atomic E-state index is 13.0. The van der Waals surface area contributed by atoms with Gasteiger partial charge in [-0.1, -0.05) is 0 Å². The minimum Gasteiger partial charge on any atom is -0.351 e. The Morgan fingerprint density at radius 2 is 1.78 bits per heavy atom. The van der Waals surface area contributed by atoms with Gasteiger partial charge in [0.15, 0.2) is 0 Å². The number of hydrogen-bond acceptors (Lipinski definition) is 2. The summed E-state index contributed by atoms with van der Waals surface area (Å²) in [5, 5.41) is 1.68. The molecule has 4 nitrogen and oxygen atoms in total. The summed E-state index contributed by atoms with van der Waals surface area (Å²) < 4.78 is 77.4. The smallest absolute Gasteiger partial charge is 0.351 e. The Morgan fingerprint density at radius 1 is 1.13 bits per heavy atom. The standard InChI is InChI=1S/C13H11F6N3O/c14-12(15,16)6-1-2-8-7(5-6)9(11(23)21-4-3-20)10(22-8)13(17,18)19/h1-2,5,22H,3-4,20H2,(H,21,23). The molecule has 0 aliphatic heterocycles. The number of hydrogen-bond donors (Lipinski definition) is 3. The first-order chi connectivity index (χ1) is 10.6. The van der Waals surface area contributed by atoms with Crippen molar-refractivity contribution in [2.75, 3.05) is 13.1 Å². The predicted molar refractivity (Wildman–Crippen MR) is 69.7 cm³/mol. The molecule has 0 unspecified atom stereocenters. The van der Waals surface area contributed by atoms with Crippen LogP contribution in [0.25, 0.3) is 10.9 Å². The Bertz CT molecular complexity index is 732. The number of fused-ring (bicyclic) bond motifs is 1. The highest BCUT2D eigenvalue weighted by Crippen LogP contribution is 2.38. The van der Waals surface area contributed by atoms with Gasteiger partial charge in [0.05, 0.1) is 11.1 Å². The second-order valence-electron chi connectivity index (χ2n) is 4.68. The number of amides is 1. The SMILES string of the molecule is NCCNC(=O)c1c(C(F)(F)F)[nH]c2ccc(C(F)(F)F)cc12. The summed E-state index contributed by atoms with van der Waals surface area (Å²) in [4.78, 5) is 13.9. The Morgan fingerprint density at radius 3 is 2.30 bits per heavy atom. The monoisotopic (exact) mass is 339 g/mol. The third-order valence-corrected chi connectivity index (χ3v) is 3.07. The van der Waals surface area contributed by atoms with Gasteiger partial charge in [-0.3, -0.25) is 4.79 Å². The molecule has 0 aliphatic carbocycles. The lowest BCUT2D eigenvalue weighted by atomic mass is 10.1. The number of aromatic amines is 1. The Hall–Kier alpha value is -2.23. The van der Waals surface area contributed by atoms with Gasteiger partial charge in [-0.25, -0.2) is 0 Å². The summed E-state index contributed by atoms with van der Waals surface area (Å²) in [5.41, 5.74) is 1.50. The van der Waals surface area contributed by atoms with E-state index in [1.807, 2.05) is 4.98 Å². The van der Waals surface area contributed by atoms with Crippen LogP contribution in [0.5, 0.6) is 0 Å². The molecule has 2 aromatic rings. The first kappa shape index (κ1) is 17.1. The van der Waals surface area contributed by atoms with E-state index in [0.29, 0.717) is 12.1 Å². The van der Waals surface area contributed by atoms with Crippen LogP contribution >= 0.6 is 0 Å². The number of carbonyl (C=O) groups excluding carboxylic acids is 1. The molecule has 0 saturated carbocycles. The van der Waals surface area contributed by atoms with Crippen molar-refractivity contribution >= 4 is 16.8 Å². The van der Waals surface area contributed by atoms with Gasteiger partial charge in [0, 0.05) is 24.0 Å². The lowest BCUT2D eigenvalue weighted by Crippen LogP contribution is -2.30. The predicted octanol–water partition coefficient (Wildman–Crippen LogP) is 2.89. The molecule has 1 heterocycles. The summed E-state index contributed by atoms with van der Waals surface area (Å²) in [6.07, 6.45) is -9.67. The molecule has 0 aliphatic rings. The van der Waals surface area contributed by atoms with E-state index >= 15 is 0 Å². The fourth-order valence-corrected chi connectivity index (χ4v) is 2.09. The number of rotatable bonds is 3. The number of carbonyl (C=O) groups is 1. The van der Waals surface area contributed by atoms with E-state index in [1.54, 1.807) is 0 Å². The summed E-state index contributed by atoms with van der Waals surface area (Å²) >= 11 is 0. The number of nitrogens with two attached hydrogens (primary N) is 1. The van der Waals surface area contributed by atoms with Crippen LogP contribution < -0.4 is 11.1 Å². The number of nitrogens with one attached hydrogen (secondary N) is 2. The lowest BCUT2D eigenvalue weighted by Gasteiger charge is -2.09. The van der Waals surface area contributed by atoms with Gasteiger partial charge in [-0.05, 0) is 18.2 Å². The third kappa shape index (κ3) is 3.41. The van der Waals surface area contributed by atoms with E-state index in [-0.39, 0.29) is 18.6 Å². The highest BCUT2D eigenvalue weighted by atomic mass is 19.4. The van der Waals surface area contributed by atoms with Crippen molar-refractivity contribution in [3.63, 3.8) is 0 Å². The Balaban J connectivity index is 2.69. The number of halogens is 6. The van der Waals surface area contributed by atoms with Gasteiger partial charge < -0.3 is 16.0 Å². The topological polar surface area (TPSA) is 70.9 Å². The molecule has 0 radical (unpaired) electrons. The zero-order valence-electron chi connectivity index (χ0n) is 11.4. The third-order valence-electron chi connectivity index (χ3n) is 3.07. The molecule has 0 saturated heterocycles. The van der Waals surface area contributed by atoms with E-state index in [2.05, 4.69) is 5.32 Å². The van der Waals surface area contributed by atoms with Crippen LogP contribution in [0.2, 0.25) is 0 Å². The quantitative estimate of drug-likeness (QED) is 0.753. The average Bonchev–Trinajstić information content (AvgIpc) is 2.82. The highest BCUT2D eigenvalue weighted by Gasteiger charge is 2.39. The fraction of sp³-hybridized carbons (Fsp3) is 0.308. The second-order valence-corrected chi connectivity index (χ2v) is 4.68. The Kier molecular flexibility index (Phi) is 4.29. The fourth-order valence-electron chi connectivity index (χ4n) is 2.09. The molecule has 1 aromatic carbocycles. The number of aromatic nitrogens is 1. The van der Waals surface area contributed by atoms with Crippen LogP contribution in [-0.4, -0.2) is 24.0 Å². The lowest BCUT2D eigenvalue weighted by molar-refractivity contribution is -0.141. The largest absolute Gasteiger partial charge is 0.432 e. The van der Waals surface area contributed by atoms with E-state index < -0.39 is 40.5 Å². The van der Waals surface area contributed by atoms with Crippen LogP contribution in [0.3, 0.4) is 0 Å². The molecule has 2 rings (SSSR count). The number of alkyl halides is 6. The molecule has 23 heavy (non-hydrogen) atoms. The molecule has 1 aromatic heterocycles. The second kappa shape index (κ2) is 5.76. The molecule has 0 atom stereocenters. The van der Waals surface area contributed by atoms with Crippen LogP contribution in [0.15, 0.2) is 18.2 Å². The van der Waals surface area contributed by atoms with Crippen molar-refractivity contribution in [3.05, 3.63) is 35.0 Å². The van der Waals surface area contributed by atoms with E-state index in [1.165, 1.54) is 0 Å². The van der Waals surface area contributed by atoms with Gasteiger partial charge in [0.1, 0.15) is 5.69 Å². The van der Waals surface area contributed by atoms with Gasteiger partial charge in [0.2, 0.25) is 0 Å². The molecular formula is C13H11F6N3O. The molecule has 4 N–H and O–H groups in total. The van der Waals surface area contributed by atoms with Crippen molar-refractivity contribution in [1.82, 2.24) is 10.3 Å². The maximum Gasteiger partial charge on any atom is 0.432 e. The summed E-state index contributed by atoms with van der Waals surface area (Å²) in [5.74, 6) is -1.15. The number of benzene rings is 1. The van der Waals surface area contributed by atoms with E-state index in [4.69, 9.17) is 5.73 Å². The minimum absolute atomic E-state index is 0.0246. The van der Waals surface area contributed by atoms with E-state index in [0.717, 1.165) is 6.07 Å². The molecule has 126 valence electrons. The maximum absolute atomic E-state index is 13.0. The normalized spacial score (nSPS) is 12.7. The molecule has 0 bridgehead atoms. The summed E-state index contributed by atoms with van der Waals surface area (Å²) in [6, 6.07) is 2.01. The summed E-state index contributed by atoms with van der Waals surface area (Å²) in [6.45, 7) is -0.134. The molecule has 10 heteroatoms. The molecule has 1 amide bonds. The Labute approximate surface area is 125 Å². The zero-order valence-corrected chi connectivity index (χ0v) is 11.4. The average molecular weight is 339 g/mol. The van der Waals surface area contributed by atoms with Crippen molar-refractivity contribution in [3.8, 4) is 0 Å². The molecule has 0 spiro atoms. The summed E-state index contributed by atoms with van der Waals surface area (Å²) in [7, 11) is 0. The highest BCUT2D eigenvalue weighted by molar-refractivity contribution is 6.08. The van der Waals surface area contributed by atoms with Crippen molar-refractivity contribution in [1.29, 1.82) is 0 Å². The van der Waals surface area contributed by atoms with Gasteiger partial charge in [-0.2, -0.15) is 26.3 Å². The van der Waals surface area contributed by atoms with E-state index in [9.17, 15) is 31.1 Å². The van der Waals surface area contributed by atoms with Crippen molar-refractivity contribution in [2.45, 2.75) is 12.4 Å².